The molecule has 0 atom stereocenters. The van der Waals surface area contributed by atoms with Crippen LogP contribution in [0.2, 0.25) is 0 Å². The highest BCUT2D eigenvalue weighted by Gasteiger charge is 2.33. The van der Waals surface area contributed by atoms with Gasteiger partial charge in [-0.2, -0.15) is 13.2 Å². The third-order valence-corrected chi connectivity index (χ3v) is 5.39. The van der Waals surface area contributed by atoms with Crippen LogP contribution < -0.4 is 5.73 Å². The monoisotopic (exact) mass is 374 g/mol. The number of hydrogen-bond acceptors (Lipinski definition) is 1. The van der Waals surface area contributed by atoms with E-state index >= 15 is 0 Å². The summed E-state index contributed by atoms with van der Waals surface area (Å²) in [5, 5.41) is 1.19. The molecule has 1 aromatic heterocycles. The molecular formula is C21H23F3N3+. The molecule has 0 unspecified atom stereocenters. The van der Waals surface area contributed by atoms with Crippen LogP contribution in [-0.2, 0) is 0 Å². The zero-order valence-electron chi connectivity index (χ0n) is 15.0. The molecule has 1 aliphatic heterocycles. The van der Waals surface area contributed by atoms with Crippen LogP contribution in [0.5, 0.6) is 0 Å². The molecule has 1 saturated heterocycles. The fourth-order valence-corrected chi connectivity index (χ4v) is 4.06. The lowest BCUT2D eigenvalue weighted by molar-refractivity contribution is -0.254. The molecule has 1 fully saturated rings. The van der Waals surface area contributed by atoms with Crippen LogP contribution >= 0.6 is 0 Å². The molecule has 142 valence electrons. The number of quaternary nitrogens is 1. The Balaban J connectivity index is 1.63. The van der Waals surface area contributed by atoms with Crippen molar-refractivity contribution in [1.29, 1.82) is 0 Å². The topological polar surface area (TPSA) is 35.8 Å². The van der Waals surface area contributed by atoms with E-state index < -0.39 is 12.7 Å². The third-order valence-electron chi connectivity index (χ3n) is 5.39. The summed E-state index contributed by atoms with van der Waals surface area (Å²) in [7, 11) is 0. The van der Waals surface area contributed by atoms with Crippen LogP contribution in [0.1, 0.15) is 24.3 Å². The van der Waals surface area contributed by atoms with Crippen molar-refractivity contribution in [2.45, 2.75) is 24.9 Å². The number of para-hydroxylation sites is 1. The summed E-state index contributed by atoms with van der Waals surface area (Å²) in [5.41, 5.74) is 8.33. The number of benzene rings is 2. The molecule has 3 nitrogen and oxygen atoms in total. The van der Waals surface area contributed by atoms with Gasteiger partial charge in [-0.25, -0.2) is 0 Å². The second-order valence-corrected chi connectivity index (χ2v) is 7.30. The number of fused-ring (bicyclic) bond motifs is 1. The van der Waals surface area contributed by atoms with Gasteiger partial charge in [-0.1, -0.05) is 18.2 Å². The number of halogens is 3. The van der Waals surface area contributed by atoms with E-state index in [1.54, 1.807) is 0 Å². The van der Waals surface area contributed by atoms with Gasteiger partial charge >= 0.3 is 6.18 Å². The number of alkyl halides is 3. The molecule has 27 heavy (non-hydrogen) atoms. The van der Waals surface area contributed by atoms with Gasteiger partial charge in [0.1, 0.15) is 5.69 Å². The zero-order valence-corrected chi connectivity index (χ0v) is 15.0. The molecular weight excluding hydrogens is 351 g/mol. The van der Waals surface area contributed by atoms with Gasteiger partial charge in [0.2, 0.25) is 0 Å². The van der Waals surface area contributed by atoms with Crippen LogP contribution in [-0.4, -0.2) is 35.3 Å². The summed E-state index contributed by atoms with van der Waals surface area (Å²) in [5.74, 6) is 0.285. The Bertz CT molecular complexity index is 920. The van der Waals surface area contributed by atoms with Gasteiger partial charge in [0.15, 0.2) is 0 Å². The Morgan fingerprint density at radius 1 is 0.963 bits per heavy atom. The van der Waals surface area contributed by atoms with E-state index in [0.29, 0.717) is 13.1 Å². The second-order valence-electron chi connectivity index (χ2n) is 7.30. The SMILES string of the molecule is [NH3+]c1ccc(-n2cc(C3CCN(CC(F)(F)F)CC3)c3ccccc32)cc1. The molecule has 1 aliphatic rings. The smallest absolute Gasteiger partial charge is 0.325 e. The van der Waals surface area contributed by atoms with Gasteiger partial charge in [-0.3, -0.25) is 4.90 Å². The largest absolute Gasteiger partial charge is 0.401 e. The Morgan fingerprint density at radius 3 is 2.30 bits per heavy atom. The van der Waals surface area contributed by atoms with E-state index in [1.807, 2.05) is 36.4 Å². The summed E-state index contributed by atoms with van der Waals surface area (Å²) >= 11 is 0. The van der Waals surface area contributed by atoms with Crippen LogP contribution in [0.15, 0.2) is 54.7 Å². The first-order chi connectivity index (χ1) is 12.9. The predicted molar refractivity (Wildman–Crippen MR) is 100 cm³/mol. The molecule has 4 rings (SSSR count). The van der Waals surface area contributed by atoms with E-state index in [0.717, 1.165) is 29.7 Å². The van der Waals surface area contributed by atoms with Crippen molar-refractivity contribution in [3.8, 4) is 5.69 Å². The normalized spacial score (nSPS) is 16.9. The maximum atomic E-state index is 12.6. The number of piperidine rings is 1. The number of rotatable bonds is 3. The minimum atomic E-state index is -4.12. The Hall–Kier alpha value is -2.31. The Morgan fingerprint density at radius 2 is 1.63 bits per heavy atom. The maximum absolute atomic E-state index is 12.6. The lowest BCUT2D eigenvalue weighted by atomic mass is 9.89. The minimum absolute atomic E-state index is 0.285. The molecule has 3 N–H and O–H groups in total. The fraction of sp³-hybridized carbons (Fsp3) is 0.333. The summed E-state index contributed by atoms with van der Waals surface area (Å²) < 4.78 is 40.1. The van der Waals surface area contributed by atoms with Crippen molar-refractivity contribution in [2.75, 3.05) is 19.6 Å². The van der Waals surface area contributed by atoms with Crippen molar-refractivity contribution in [2.24, 2.45) is 0 Å². The van der Waals surface area contributed by atoms with Gasteiger partial charge in [-0.05, 0) is 55.6 Å². The molecule has 6 heteroatoms. The molecule has 3 aromatic rings. The summed E-state index contributed by atoms with van der Waals surface area (Å²) in [6, 6.07) is 16.3. The van der Waals surface area contributed by atoms with Crippen LogP contribution in [0.25, 0.3) is 16.6 Å². The zero-order chi connectivity index (χ0) is 19.0. The van der Waals surface area contributed by atoms with E-state index in [2.05, 4.69) is 28.6 Å². The van der Waals surface area contributed by atoms with Crippen molar-refractivity contribution in [3.63, 3.8) is 0 Å². The molecule has 0 aliphatic carbocycles. The molecule has 2 heterocycles. The highest BCUT2D eigenvalue weighted by Crippen LogP contribution is 2.36. The van der Waals surface area contributed by atoms with Gasteiger partial charge < -0.3 is 10.3 Å². The molecule has 0 bridgehead atoms. The highest BCUT2D eigenvalue weighted by molar-refractivity contribution is 5.86. The first-order valence-corrected chi connectivity index (χ1v) is 9.22. The van der Waals surface area contributed by atoms with E-state index in [-0.39, 0.29) is 5.92 Å². The van der Waals surface area contributed by atoms with E-state index in [9.17, 15) is 13.2 Å². The number of nitrogens with zero attached hydrogens (tertiary/aromatic N) is 2. The van der Waals surface area contributed by atoms with Crippen molar-refractivity contribution < 1.29 is 18.9 Å². The molecule has 0 amide bonds. The standard InChI is InChI=1S/C21H22F3N3/c22-21(23,24)14-26-11-9-15(10-12-26)19-13-27(17-7-5-16(25)6-8-17)20-4-2-1-3-18(19)20/h1-8,13,15H,9-12,14,25H2/p+1. The van der Waals surface area contributed by atoms with Crippen LogP contribution in [0, 0.1) is 0 Å². The van der Waals surface area contributed by atoms with E-state index in [1.165, 1.54) is 15.8 Å². The number of aromatic nitrogens is 1. The lowest BCUT2D eigenvalue weighted by Crippen LogP contribution is -2.39. The number of hydrogen-bond donors (Lipinski definition) is 1. The maximum Gasteiger partial charge on any atom is 0.401 e. The minimum Gasteiger partial charge on any atom is -0.325 e. The van der Waals surface area contributed by atoms with Crippen molar-refractivity contribution >= 4 is 16.6 Å². The quantitative estimate of drug-likeness (QED) is 0.731. The average Bonchev–Trinajstić information content (AvgIpc) is 3.02. The van der Waals surface area contributed by atoms with Gasteiger partial charge in [-0.15, -0.1) is 0 Å². The van der Waals surface area contributed by atoms with Gasteiger partial charge in [0, 0.05) is 29.4 Å². The molecule has 0 radical (unpaired) electrons. The molecule has 0 spiro atoms. The van der Waals surface area contributed by atoms with Crippen molar-refractivity contribution in [3.05, 3.63) is 60.3 Å². The fourth-order valence-electron chi connectivity index (χ4n) is 4.06. The summed E-state index contributed by atoms with van der Waals surface area (Å²) in [6.45, 7) is 0.165. The van der Waals surface area contributed by atoms with Crippen molar-refractivity contribution in [1.82, 2.24) is 9.47 Å². The number of likely N-dealkylation sites (tertiary alicyclic amines) is 1. The predicted octanol–water partition coefficient (Wildman–Crippen LogP) is 4.25. The van der Waals surface area contributed by atoms with Gasteiger partial charge in [0.05, 0.1) is 12.1 Å². The molecule has 0 saturated carbocycles. The van der Waals surface area contributed by atoms with E-state index in [4.69, 9.17) is 0 Å². The Labute approximate surface area is 156 Å². The van der Waals surface area contributed by atoms with Crippen LogP contribution in [0.3, 0.4) is 0 Å². The summed E-state index contributed by atoms with van der Waals surface area (Å²) in [6.07, 6.45) is -0.459. The lowest BCUT2D eigenvalue weighted by Gasteiger charge is -2.32. The first kappa shape index (κ1) is 18.1. The van der Waals surface area contributed by atoms with Crippen LogP contribution in [0.4, 0.5) is 18.9 Å². The third kappa shape index (κ3) is 3.87. The summed E-state index contributed by atoms with van der Waals surface area (Å²) in [4.78, 5) is 1.52. The first-order valence-electron chi connectivity index (χ1n) is 9.22. The second kappa shape index (κ2) is 7.02. The average molecular weight is 374 g/mol. The highest BCUT2D eigenvalue weighted by atomic mass is 19.4. The molecule has 2 aromatic carbocycles. The Kier molecular flexibility index (Phi) is 4.70. The van der Waals surface area contributed by atoms with Gasteiger partial charge in [0.25, 0.3) is 0 Å².